The normalized spacial score (nSPS) is 19.1. The number of nitrogens with zero attached hydrogens (tertiary/aromatic N) is 4. The molecule has 2 fully saturated rings. The van der Waals surface area contributed by atoms with Crippen LogP contribution in [0, 0.1) is 12.8 Å². The molecule has 1 atom stereocenters. The first kappa shape index (κ1) is 23.8. The predicted molar refractivity (Wildman–Crippen MR) is 133 cm³/mol. The number of carbonyl (C=O) groups excluding carboxylic acids is 2. The molecule has 0 radical (unpaired) electrons. The van der Waals surface area contributed by atoms with E-state index in [9.17, 15) is 9.59 Å². The van der Waals surface area contributed by atoms with E-state index >= 15 is 0 Å². The fraction of sp³-hybridized carbons (Fsp3) is 0.500. The van der Waals surface area contributed by atoms with Gasteiger partial charge in [0.05, 0.1) is 5.75 Å². The average molecular weight is 488 g/mol. The average Bonchev–Trinajstić information content (AvgIpc) is 3.33. The van der Waals surface area contributed by atoms with E-state index in [4.69, 9.17) is 11.6 Å². The molecule has 176 valence electrons. The number of rotatable bonds is 6. The van der Waals surface area contributed by atoms with Crippen molar-refractivity contribution in [2.45, 2.75) is 50.7 Å². The Hall–Kier alpha value is -2.32. The summed E-state index contributed by atoms with van der Waals surface area (Å²) in [7, 11) is 0. The smallest absolute Gasteiger partial charge is 0.234 e. The summed E-state index contributed by atoms with van der Waals surface area (Å²) >= 11 is 7.53. The number of halogens is 1. The molecule has 1 aliphatic heterocycles. The number of hydrogen-bond donors (Lipinski definition) is 1. The molecule has 4 rings (SSSR count). The molecule has 1 aliphatic carbocycles. The number of aryl methyl sites for hydroxylation is 1. The van der Waals surface area contributed by atoms with E-state index in [2.05, 4.69) is 27.1 Å². The van der Waals surface area contributed by atoms with Crippen LogP contribution in [0.1, 0.15) is 38.2 Å². The minimum Gasteiger partial charge on any atom is -0.353 e. The van der Waals surface area contributed by atoms with Gasteiger partial charge in [0.25, 0.3) is 0 Å². The maximum absolute atomic E-state index is 12.9. The Labute approximate surface area is 204 Å². The van der Waals surface area contributed by atoms with Crippen LogP contribution in [-0.2, 0) is 9.59 Å². The van der Waals surface area contributed by atoms with Crippen LogP contribution in [0.5, 0.6) is 0 Å². The van der Waals surface area contributed by atoms with Gasteiger partial charge in [-0.1, -0.05) is 53.9 Å². The number of aromatic nitrogens is 2. The molecular weight excluding hydrogens is 458 g/mol. The fourth-order valence-electron chi connectivity index (χ4n) is 4.48. The lowest BCUT2D eigenvalue weighted by molar-refractivity contribution is -0.137. The van der Waals surface area contributed by atoms with Crippen molar-refractivity contribution < 1.29 is 9.59 Å². The Morgan fingerprint density at radius 3 is 2.58 bits per heavy atom. The second-order valence-electron chi connectivity index (χ2n) is 8.84. The van der Waals surface area contributed by atoms with Crippen molar-refractivity contribution in [3.05, 3.63) is 41.0 Å². The number of amides is 2. The van der Waals surface area contributed by atoms with Gasteiger partial charge in [-0.2, -0.15) is 0 Å². The second-order valence-corrected chi connectivity index (χ2v) is 10.2. The number of piperazine rings is 1. The molecule has 0 bridgehead atoms. The fourth-order valence-corrected chi connectivity index (χ4v) is 5.36. The summed E-state index contributed by atoms with van der Waals surface area (Å²) in [5.74, 6) is 1.30. The highest BCUT2D eigenvalue weighted by molar-refractivity contribution is 7.99. The molecule has 33 heavy (non-hydrogen) atoms. The molecule has 1 saturated heterocycles. The SMILES string of the molecule is Cc1ccc(NC(=O)CSc2nc(Cl)cc(N3CCN(C(=O)C4CCCC4)C(C)C3)n2)cc1. The van der Waals surface area contributed by atoms with Crippen molar-refractivity contribution in [2.75, 3.05) is 35.6 Å². The van der Waals surface area contributed by atoms with E-state index in [1.165, 1.54) is 11.8 Å². The van der Waals surface area contributed by atoms with Crippen LogP contribution in [0.25, 0.3) is 0 Å². The van der Waals surface area contributed by atoms with Crippen LogP contribution < -0.4 is 10.2 Å². The van der Waals surface area contributed by atoms with Crippen LogP contribution in [0.15, 0.2) is 35.5 Å². The van der Waals surface area contributed by atoms with Gasteiger partial charge in [0.1, 0.15) is 11.0 Å². The Morgan fingerprint density at radius 1 is 1.15 bits per heavy atom. The Balaban J connectivity index is 1.34. The number of benzene rings is 1. The monoisotopic (exact) mass is 487 g/mol. The van der Waals surface area contributed by atoms with Gasteiger partial charge in [-0.3, -0.25) is 9.59 Å². The maximum Gasteiger partial charge on any atom is 0.234 e. The van der Waals surface area contributed by atoms with Crippen LogP contribution in [0.3, 0.4) is 0 Å². The first-order chi connectivity index (χ1) is 15.9. The lowest BCUT2D eigenvalue weighted by atomic mass is 10.0. The molecule has 0 spiro atoms. The highest BCUT2D eigenvalue weighted by Crippen LogP contribution is 2.29. The van der Waals surface area contributed by atoms with E-state index in [1.807, 2.05) is 36.1 Å². The molecule has 1 aromatic heterocycles. The van der Waals surface area contributed by atoms with Gasteiger partial charge >= 0.3 is 0 Å². The van der Waals surface area contributed by atoms with Crippen LogP contribution in [0.2, 0.25) is 5.15 Å². The molecular formula is C24H30ClN5O2S. The van der Waals surface area contributed by atoms with Crippen LogP contribution in [-0.4, -0.2) is 58.1 Å². The largest absolute Gasteiger partial charge is 0.353 e. The van der Waals surface area contributed by atoms with Gasteiger partial charge in [-0.05, 0) is 38.8 Å². The summed E-state index contributed by atoms with van der Waals surface area (Å²) in [6.45, 7) is 6.17. The van der Waals surface area contributed by atoms with Crippen molar-refractivity contribution in [3.8, 4) is 0 Å². The topological polar surface area (TPSA) is 78.4 Å². The molecule has 2 heterocycles. The summed E-state index contributed by atoms with van der Waals surface area (Å²) < 4.78 is 0. The molecule has 1 aromatic carbocycles. The van der Waals surface area contributed by atoms with E-state index in [0.717, 1.165) is 42.8 Å². The standard InChI is InChI=1S/C24H30ClN5O2S/c1-16-7-9-19(10-8-16)26-22(31)15-33-24-27-20(25)13-21(28-24)29-11-12-30(17(2)14-29)23(32)18-5-3-4-6-18/h7-10,13,17-18H,3-6,11-12,14-15H2,1-2H3,(H,26,31). The van der Waals surface area contributed by atoms with Gasteiger partial charge < -0.3 is 15.1 Å². The molecule has 2 aliphatic rings. The zero-order valence-electron chi connectivity index (χ0n) is 19.1. The zero-order chi connectivity index (χ0) is 23.4. The molecule has 2 amide bonds. The second kappa shape index (κ2) is 10.7. The third-order valence-corrected chi connectivity index (χ3v) is 7.31. The molecule has 1 unspecified atom stereocenters. The van der Waals surface area contributed by atoms with Crippen molar-refractivity contribution in [3.63, 3.8) is 0 Å². The number of anilines is 2. The predicted octanol–water partition coefficient (Wildman–Crippen LogP) is 4.40. The summed E-state index contributed by atoms with van der Waals surface area (Å²) in [5, 5.41) is 3.69. The zero-order valence-corrected chi connectivity index (χ0v) is 20.7. The number of hydrogen-bond acceptors (Lipinski definition) is 6. The van der Waals surface area contributed by atoms with Crippen LogP contribution in [0.4, 0.5) is 11.5 Å². The molecule has 7 nitrogen and oxygen atoms in total. The van der Waals surface area contributed by atoms with E-state index < -0.39 is 0 Å². The van der Waals surface area contributed by atoms with Crippen molar-refractivity contribution in [1.29, 1.82) is 0 Å². The lowest BCUT2D eigenvalue weighted by Gasteiger charge is -2.41. The van der Waals surface area contributed by atoms with Gasteiger partial charge in [-0.25, -0.2) is 9.97 Å². The minimum atomic E-state index is -0.123. The Bertz CT molecular complexity index is 997. The summed E-state index contributed by atoms with van der Waals surface area (Å²) in [5.41, 5.74) is 1.90. The molecule has 2 aromatic rings. The van der Waals surface area contributed by atoms with Crippen molar-refractivity contribution in [2.24, 2.45) is 5.92 Å². The highest BCUT2D eigenvalue weighted by atomic mass is 35.5. The van der Waals surface area contributed by atoms with E-state index in [1.54, 1.807) is 6.07 Å². The Kier molecular flexibility index (Phi) is 7.75. The summed E-state index contributed by atoms with van der Waals surface area (Å²) in [6, 6.07) is 9.53. The third kappa shape index (κ3) is 6.18. The van der Waals surface area contributed by atoms with Gasteiger partial charge in [0, 0.05) is 43.3 Å². The maximum atomic E-state index is 12.9. The Morgan fingerprint density at radius 2 is 1.88 bits per heavy atom. The van der Waals surface area contributed by atoms with E-state index in [0.29, 0.717) is 35.9 Å². The van der Waals surface area contributed by atoms with Gasteiger partial charge in [0.15, 0.2) is 5.16 Å². The molecule has 9 heteroatoms. The number of nitrogens with one attached hydrogen (secondary N) is 1. The highest BCUT2D eigenvalue weighted by Gasteiger charge is 2.33. The minimum absolute atomic E-state index is 0.108. The van der Waals surface area contributed by atoms with Crippen molar-refractivity contribution in [1.82, 2.24) is 14.9 Å². The summed E-state index contributed by atoms with van der Waals surface area (Å²) in [6.07, 6.45) is 4.36. The quantitative estimate of drug-likeness (QED) is 0.369. The number of thioether (sulfide) groups is 1. The lowest BCUT2D eigenvalue weighted by Crippen LogP contribution is -2.55. The molecule has 1 N–H and O–H groups in total. The van der Waals surface area contributed by atoms with Gasteiger partial charge in [-0.15, -0.1) is 0 Å². The van der Waals surface area contributed by atoms with E-state index in [-0.39, 0.29) is 23.6 Å². The van der Waals surface area contributed by atoms with Gasteiger partial charge in [0.2, 0.25) is 11.8 Å². The first-order valence-electron chi connectivity index (χ1n) is 11.5. The summed E-state index contributed by atoms with van der Waals surface area (Å²) in [4.78, 5) is 38.3. The third-order valence-electron chi connectivity index (χ3n) is 6.27. The molecule has 1 saturated carbocycles. The van der Waals surface area contributed by atoms with Crippen LogP contribution >= 0.6 is 23.4 Å². The number of carbonyl (C=O) groups is 2. The first-order valence-corrected chi connectivity index (χ1v) is 12.8. The van der Waals surface area contributed by atoms with Crippen molar-refractivity contribution >= 4 is 46.7 Å².